The molecule has 13 nitrogen and oxygen atoms in total. The number of imidazole rings is 1. The molecule has 1 aliphatic heterocycles. The van der Waals surface area contributed by atoms with Crippen LogP contribution >= 0.6 is 0 Å². The number of carbonyl (C=O) groups excluding carboxylic acids is 1. The van der Waals surface area contributed by atoms with Gasteiger partial charge >= 0.3 is 6.03 Å². The third kappa shape index (κ3) is 7.16. The second-order valence-electron chi connectivity index (χ2n) is 12.6. The Hall–Kier alpha value is -6.42. The van der Waals surface area contributed by atoms with E-state index in [2.05, 4.69) is 26.5 Å². The zero-order chi connectivity index (χ0) is 35.3. The van der Waals surface area contributed by atoms with E-state index >= 15 is 0 Å². The lowest BCUT2D eigenvalue weighted by molar-refractivity contribution is 0.221. The number of nitrogens with one attached hydrogen (secondary N) is 1. The maximum atomic E-state index is 13.0. The summed E-state index contributed by atoms with van der Waals surface area (Å²) in [6.45, 7) is 4.39. The molecule has 0 bridgehead atoms. The number of benzene rings is 3. The lowest BCUT2D eigenvalue weighted by Crippen LogP contribution is -2.33. The molecule has 1 unspecified atom stereocenters. The number of aryl methyl sites for hydroxylation is 1. The van der Waals surface area contributed by atoms with Gasteiger partial charge < -0.3 is 24.6 Å². The number of anilines is 2. The van der Waals surface area contributed by atoms with E-state index in [0.717, 1.165) is 51.6 Å². The summed E-state index contributed by atoms with van der Waals surface area (Å²) in [6, 6.07) is 23.8. The lowest BCUT2D eigenvalue weighted by atomic mass is 10.1. The predicted octanol–water partition coefficient (Wildman–Crippen LogP) is 6.28. The SMILES string of the molecule is COc1ccc(CN(Cc2ccc(OC)cc2)c2ncnn3c(-c4cnn(-c5cc(NC(=O)N6CCC(CC#N)C6)ccc5C)c4)cnc23)cc1. The van der Waals surface area contributed by atoms with Gasteiger partial charge in [-0.1, -0.05) is 30.3 Å². The zero-order valence-electron chi connectivity index (χ0n) is 28.7. The van der Waals surface area contributed by atoms with Crippen LogP contribution in [0.25, 0.3) is 22.6 Å². The maximum Gasteiger partial charge on any atom is 0.321 e. The Bertz CT molecular complexity index is 2140. The molecule has 3 aromatic carbocycles. The van der Waals surface area contributed by atoms with Gasteiger partial charge in [-0.15, -0.1) is 0 Å². The van der Waals surface area contributed by atoms with Gasteiger partial charge in [0.15, 0.2) is 11.5 Å². The number of likely N-dealkylation sites (tertiary alicyclic amines) is 1. The Morgan fingerprint density at radius 2 is 1.67 bits per heavy atom. The topological polar surface area (TPSA) is 139 Å². The number of aromatic nitrogens is 6. The van der Waals surface area contributed by atoms with Crippen molar-refractivity contribution in [3.05, 3.63) is 108 Å². The van der Waals surface area contributed by atoms with E-state index in [1.165, 1.54) is 0 Å². The predicted molar refractivity (Wildman–Crippen MR) is 193 cm³/mol. The van der Waals surface area contributed by atoms with E-state index in [0.29, 0.717) is 49.8 Å². The molecule has 51 heavy (non-hydrogen) atoms. The van der Waals surface area contributed by atoms with Crippen LogP contribution in [0.3, 0.4) is 0 Å². The van der Waals surface area contributed by atoms with Gasteiger partial charge in [0.05, 0.1) is 44.1 Å². The highest BCUT2D eigenvalue weighted by atomic mass is 16.5. The lowest BCUT2D eigenvalue weighted by Gasteiger charge is -2.24. The Kier molecular flexibility index (Phi) is 9.47. The molecule has 1 N–H and O–H groups in total. The minimum Gasteiger partial charge on any atom is -0.497 e. The van der Waals surface area contributed by atoms with E-state index in [1.807, 2.05) is 79.9 Å². The first-order chi connectivity index (χ1) is 24.9. The van der Waals surface area contributed by atoms with E-state index in [4.69, 9.17) is 24.7 Å². The summed E-state index contributed by atoms with van der Waals surface area (Å²) in [4.78, 5) is 26.5. The average molecular weight is 683 g/mol. The normalized spacial score (nSPS) is 14.0. The minimum absolute atomic E-state index is 0.166. The summed E-state index contributed by atoms with van der Waals surface area (Å²) in [7, 11) is 3.31. The third-order valence-corrected chi connectivity index (χ3v) is 9.19. The average Bonchev–Trinajstić information content (AvgIpc) is 3.93. The van der Waals surface area contributed by atoms with Crippen molar-refractivity contribution in [1.29, 1.82) is 5.26 Å². The smallest absolute Gasteiger partial charge is 0.321 e. The minimum atomic E-state index is -0.166. The van der Waals surface area contributed by atoms with E-state index in [-0.39, 0.29) is 11.9 Å². The Morgan fingerprint density at radius 1 is 0.961 bits per heavy atom. The molecule has 258 valence electrons. The van der Waals surface area contributed by atoms with Crippen molar-refractivity contribution in [3.8, 4) is 34.5 Å². The number of amides is 2. The number of hydrogen-bond acceptors (Lipinski definition) is 9. The van der Waals surface area contributed by atoms with Crippen LogP contribution in [-0.2, 0) is 13.1 Å². The van der Waals surface area contributed by atoms with Gasteiger partial charge in [-0.2, -0.15) is 15.5 Å². The number of hydrogen-bond donors (Lipinski definition) is 1. The second-order valence-corrected chi connectivity index (χ2v) is 12.6. The zero-order valence-corrected chi connectivity index (χ0v) is 28.7. The monoisotopic (exact) mass is 682 g/mol. The number of carbonyl (C=O) groups is 1. The highest BCUT2D eigenvalue weighted by Crippen LogP contribution is 2.29. The standard InChI is InChI=1S/C38H38N10O3/c1-26-4-9-31(44-38(49)45-17-15-29(21-45)14-16-39)18-34(26)47-24-30(19-42-47)35-20-40-37-36(41-25-43-48(35)37)46(22-27-5-10-32(50-2)11-6-27)23-28-7-12-33(51-3)13-8-28/h4-13,18-20,24-25,29H,14-15,17,21-23H2,1-3H3,(H,44,49). The summed E-state index contributed by atoms with van der Waals surface area (Å²) in [6.07, 6.45) is 8.35. The molecule has 13 heteroatoms. The number of ether oxygens (including phenoxy) is 2. The van der Waals surface area contributed by atoms with Crippen molar-refractivity contribution in [2.75, 3.05) is 37.5 Å². The molecule has 1 atom stereocenters. The number of nitriles is 1. The Morgan fingerprint density at radius 3 is 2.33 bits per heavy atom. The van der Waals surface area contributed by atoms with Crippen LogP contribution in [0.1, 0.15) is 29.5 Å². The third-order valence-electron chi connectivity index (χ3n) is 9.19. The van der Waals surface area contributed by atoms with Gasteiger partial charge in [-0.3, -0.25) is 0 Å². The molecule has 0 saturated carbocycles. The Balaban J connectivity index is 1.16. The van der Waals surface area contributed by atoms with E-state index < -0.39 is 0 Å². The van der Waals surface area contributed by atoms with Gasteiger partial charge in [0, 0.05) is 50.0 Å². The molecule has 0 radical (unpaired) electrons. The molecule has 6 aromatic rings. The van der Waals surface area contributed by atoms with Crippen LogP contribution in [0.5, 0.6) is 11.5 Å². The molecular formula is C38H38N10O3. The van der Waals surface area contributed by atoms with Gasteiger partial charge in [0.25, 0.3) is 0 Å². The number of fused-ring (bicyclic) bond motifs is 1. The first-order valence-electron chi connectivity index (χ1n) is 16.7. The van der Waals surface area contributed by atoms with Crippen LogP contribution in [-0.4, -0.2) is 67.6 Å². The van der Waals surface area contributed by atoms with Gasteiger partial charge in [-0.05, 0) is 72.4 Å². The van der Waals surface area contributed by atoms with Crippen molar-refractivity contribution in [2.24, 2.45) is 5.92 Å². The molecule has 7 rings (SSSR count). The van der Waals surface area contributed by atoms with Crippen molar-refractivity contribution < 1.29 is 14.3 Å². The van der Waals surface area contributed by atoms with Crippen molar-refractivity contribution in [3.63, 3.8) is 0 Å². The second kappa shape index (κ2) is 14.6. The maximum absolute atomic E-state index is 13.0. The first kappa shape index (κ1) is 33.1. The molecular weight excluding hydrogens is 644 g/mol. The Labute approximate surface area is 295 Å². The largest absolute Gasteiger partial charge is 0.497 e. The van der Waals surface area contributed by atoms with Crippen LogP contribution in [0.4, 0.5) is 16.3 Å². The fraction of sp³-hybridized carbons (Fsp3) is 0.263. The van der Waals surface area contributed by atoms with Gasteiger partial charge in [0.2, 0.25) is 0 Å². The van der Waals surface area contributed by atoms with E-state index in [9.17, 15) is 4.79 Å². The van der Waals surface area contributed by atoms with Gasteiger partial charge in [0.1, 0.15) is 17.8 Å². The fourth-order valence-electron chi connectivity index (χ4n) is 6.37. The summed E-state index contributed by atoms with van der Waals surface area (Å²) in [5.41, 5.74) is 6.86. The summed E-state index contributed by atoms with van der Waals surface area (Å²) >= 11 is 0. The van der Waals surface area contributed by atoms with Crippen LogP contribution in [0.15, 0.2) is 91.6 Å². The quantitative estimate of drug-likeness (QED) is 0.167. The van der Waals surface area contributed by atoms with Crippen LogP contribution < -0.4 is 19.7 Å². The molecule has 1 aliphatic rings. The number of nitrogens with zero attached hydrogens (tertiary/aromatic N) is 9. The van der Waals surface area contributed by atoms with E-state index in [1.54, 1.807) is 47.0 Å². The summed E-state index contributed by atoms with van der Waals surface area (Å²) in [5.74, 6) is 2.50. The first-order valence-corrected chi connectivity index (χ1v) is 16.7. The number of urea groups is 1. The fourth-order valence-corrected chi connectivity index (χ4v) is 6.37. The van der Waals surface area contributed by atoms with Crippen LogP contribution in [0, 0.1) is 24.2 Å². The van der Waals surface area contributed by atoms with Crippen molar-refractivity contribution in [1.82, 2.24) is 34.3 Å². The van der Waals surface area contributed by atoms with Crippen molar-refractivity contribution in [2.45, 2.75) is 32.9 Å². The van der Waals surface area contributed by atoms with Crippen LogP contribution in [0.2, 0.25) is 0 Å². The van der Waals surface area contributed by atoms with Crippen molar-refractivity contribution >= 4 is 23.2 Å². The van der Waals surface area contributed by atoms with Gasteiger partial charge in [-0.25, -0.2) is 24.0 Å². The summed E-state index contributed by atoms with van der Waals surface area (Å²) in [5, 5.41) is 21.3. The molecule has 4 heterocycles. The molecule has 1 saturated heterocycles. The highest BCUT2D eigenvalue weighted by molar-refractivity contribution is 5.90. The number of rotatable bonds is 11. The molecule has 0 spiro atoms. The molecule has 3 aromatic heterocycles. The molecule has 0 aliphatic carbocycles. The molecule has 2 amide bonds. The summed E-state index contributed by atoms with van der Waals surface area (Å²) < 4.78 is 14.3. The highest BCUT2D eigenvalue weighted by Gasteiger charge is 2.26. The number of methoxy groups -OCH3 is 2. The molecule has 1 fully saturated rings.